The van der Waals surface area contributed by atoms with Crippen molar-refractivity contribution in [1.82, 2.24) is 15.0 Å². The molecular weight excluding hydrogens is 528 g/mol. The van der Waals surface area contributed by atoms with E-state index in [4.69, 9.17) is 16.6 Å². The van der Waals surface area contributed by atoms with Gasteiger partial charge in [0.25, 0.3) is 5.91 Å². The second kappa shape index (κ2) is 11.0. The molecule has 0 aliphatic carbocycles. The van der Waals surface area contributed by atoms with E-state index in [1.54, 1.807) is 6.21 Å². The molecule has 41 heavy (non-hydrogen) atoms. The summed E-state index contributed by atoms with van der Waals surface area (Å²) in [5, 5.41) is 6.98. The summed E-state index contributed by atoms with van der Waals surface area (Å²) in [6.45, 7) is 6.93. The first-order valence-corrected chi connectivity index (χ1v) is 13.9. The van der Waals surface area contributed by atoms with Crippen LogP contribution in [0.4, 0.5) is 0 Å². The quantitative estimate of drug-likeness (QED) is 0.166. The smallest absolute Gasteiger partial charge is 0.272 e. The number of aryl methyl sites for hydroxylation is 2. The molecule has 4 aromatic carbocycles. The minimum absolute atomic E-state index is 0.295. The molecule has 5 nitrogen and oxygen atoms in total. The minimum atomic E-state index is -0.295. The van der Waals surface area contributed by atoms with Gasteiger partial charge >= 0.3 is 0 Å². The number of hydrogen-bond acceptors (Lipinski definition) is 3. The summed E-state index contributed by atoms with van der Waals surface area (Å²) in [6, 6.07) is 32.0. The number of fused-ring (bicyclic) bond motifs is 2. The Morgan fingerprint density at radius 3 is 2.34 bits per heavy atom. The molecule has 0 saturated heterocycles. The molecule has 6 aromatic rings. The van der Waals surface area contributed by atoms with Gasteiger partial charge in [0.1, 0.15) is 0 Å². The van der Waals surface area contributed by atoms with Crippen LogP contribution in [0.25, 0.3) is 33.1 Å². The van der Waals surface area contributed by atoms with E-state index in [0.29, 0.717) is 16.3 Å². The molecule has 0 aliphatic heterocycles. The first-order valence-electron chi connectivity index (χ1n) is 13.5. The lowest BCUT2D eigenvalue weighted by molar-refractivity contribution is 0.0956. The lowest BCUT2D eigenvalue weighted by Crippen LogP contribution is -2.18. The van der Waals surface area contributed by atoms with Gasteiger partial charge in [-0.15, -0.1) is 0 Å². The maximum Gasteiger partial charge on any atom is 0.272 e. The number of nitrogens with zero attached hydrogens (tertiary/aromatic N) is 3. The van der Waals surface area contributed by atoms with E-state index >= 15 is 0 Å². The molecule has 0 fully saturated rings. The molecule has 2 heterocycles. The van der Waals surface area contributed by atoms with Crippen molar-refractivity contribution in [3.05, 3.63) is 136 Å². The average molecular weight is 557 g/mol. The zero-order valence-electron chi connectivity index (χ0n) is 23.1. The van der Waals surface area contributed by atoms with Crippen LogP contribution < -0.4 is 5.43 Å². The Kier molecular flexibility index (Phi) is 7.12. The van der Waals surface area contributed by atoms with E-state index in [2.05, 4.69) is 71.4 Å². The summed E-state index contributed by atoms with van der Waals surface area (Å²) in [6.07, 6.45) is 1.76. The third-order valence-electron chi connectivity index (χ3n) is 7.42. The molecule has 0 aliphatic rings. The van der Waals surface area contributed by atoms with Crippen molar-refractivity contribution in [3.8, 4) is 11.3 Å². The second-order valence-corrected chi connectivity index (χ2v) is 10.8. The number of carbonyl (C=O) groups excluding carboxylic acids is 1. The molecule has 6 rings (SSSR count). The van der Waals surface area contributed by atoms with Gasteiger partial charge in [0.15, 0.2) is 0 Å². The Morgan fingerprint density at radius 2 is 1.59 bits per heavy atom. The van der Waals surface area contributed by atoms with Crippen LogP contribution in [-0.2, 0) is 6.54 Å². The summed E-state index contributed by atoms with van der Waals surface area (Å²) in [5.41, 5.74) is 12.3. The van der Waals surface area contributed by atoms with Gasteiger partial charge in [0.05, 0.1) is 23.0 Å². The molecule has 2 aromatic heterocycles. The van der Waals surface area contributed by atoms with Crippen LogP contribution in [0.5, 0.6) is 0 Å². The standard InChI is InChI=1S/C35H29ClN4O/c1-22-9-15-32-28(17-22)30(19-33(38-32)26-11-13-27(36)14-12-26)35(41)39-37-20-31-24(3)40(21-25-7-5-4-6-8-25)34-16-10-23(2)18-29(31)34/h4-20H,21H2,1-3H3,(H,39,41)/b37-20+. The van der Waals surface area contributed by atoms with Crippen LogP contribution in [-0.4, -0.2) is 21.7 Å². The number of aromatic nitrogens is 2. The lowest BCUT2D eigenvalue weighted by Gasteiger charge is -2.10. The molecule has 0 unspecified atom stereocenters. The average Bonchev–Trinajstić information content (AvgIpc) is 3.22. The maximum absolute atomic E-state index is 13.6. The van der Waals surface area contributed by atoms with Crippen LogP contribution in [0, 0.1) is 20.8 Å². The van der Waals surface area contributed by atoms with Gasteiger partial charge in [-0.2, -0.15) is 5.10 Å². The second-order valence-electron chi connectivity index (χ2n) is 10.4. The summed E-state index contributed by atoms with van der Waals surface area (Å²) < 4.78 is 2.30. The van der Waals surface area contributed by atoms with Gasteiger partial charge in [-0.3, -0.25) is 4.79 Å². The largest absolute Gasteiger partial charge is 0.340 e. The van der Waals surface area contributed by atoms with Gasteiger partial charge in [-0.05, 0) is 68.8 Å². The third-order valence-corrected chi connectivity index (χ3v) is 7.67. The third kappa shape index (κ3) is 5.37. The Hall–Kier alpha value is -4.74. The number of carbonyl (C=O) groups is 1. The molecule has 0 radical (unpaired) electrons. The van der Waals surface area contributed by atoms with Gasteiger partial charge in [-0.25, -0.2) is 10.4 Å². The maximum atomic E-state index is 13.6. The molecule has 202 valence electrons. The summed E-state index contributed by atoms with van der Waals surface area (Å²) >= 11 is 6.10. The van der Waals surface area contributed by atoms with Crippen molar-refractivity contribution in [2.24, 2.45) is 5.10 Å². The summed E-state index contributed by atoms with van der Waals surface area (Å²) in [7, 11) is 0. The van der Waals surface area contributed by atoms with Gasteiger partial charge in [0, 0.05) is 44.7 Å². The molecule has 1 amide bonds. The van der Waals surface area contributed by atoms with Crippen molar-refractivity contribution in [2.75, 3.05) is 0 Å². The Balaban J connectivity index is 1.36. The Bertz CT molecular complexity index is 1940. The summed E-state index contributed by atoms with van der Waals surface area (Å²) in [4.78, 5) is 18.4. The molecule has 0 bridgehead atoms. The number of pyridine rings is 1. The van der Waals surface area contributed by atoms with Crippen LogP contribution in [0.2, 0.25) is 5.02 Å². The Morgan fingerprint density at radius 1 is 0.878 bits per heavy atom. The molecule has 0 saturated carbocycles. The number of benzene rings is 4. The van der Waals surface area contributed by atoms with Crippen molar-refractivity contribution in [2.45, 2.75) is 27.3 Å². The van der Waals surface area contributed by atoms with Gasteiger partial charge in [0.2, 0.25) is 0 Å². The van der Waals surface area contributed by atoms with Crippen molar-refractivity contribution >= 4 is 45.5 Å². The van der Waals surface area contributed by atoms with E-state index in [0.717, 1.165) is 50.7 Å². The first kappa shape index (κ1) is 26.5. The predicted octanol–water partition coefficient (Wildman–Crippen LogP) is 8.25. The number of hydrogen-bond donors (Lipinski definition) is 1. The van der Waals surface area contributed by atoms with E-state index in [1.165, 1.54) is 11.1 Å². The van der Waals surface area contributed by atoms with Crippen molar-refractivity contribution in [3.63, 3.8) is 0 Å². The number of nitrogens with one attached hydrogen (secondary N) is 1. The highest BCUT2D eigenvalue weighted by molar-refractivity contribution is 6.30. The molecule has 1 N–H and O–H groups in total. The number of halogens is 1. The number of hydrazone groups is 1. The zero-order chi connectivity index (χ0) is 28.5. The zero-order valence-corrected chi connectivity index (χ0v) is 23.9. The topological polar surface area (TPSA) is 59.3 Å². The van der Waals surface area contributed by atoms with E-state index in [-0.39, 0.29) is 5.91 Å². The number of rotatable bonds is 6. The Labute approximate surface area is 244 Å². The fourth-order valence-corrected chi connectivity index (χ4v) is 5.39. The molecular formula is C35H29ClN4O. The van der Waals surface area contributed by atoms with Crippen LogP contribution in [0.1, 0.15) is 38.3 Å². The lowest BCUT2D eigenvalue weighted by atomic mass is 10.0. The summed E-state index contributed by atoms with van der Waals surface area (Å²) in [5.74, 6) is -0.295. The highest BCUT2D eigenvalue weighted by Crippen LogP contribution is 2.28. The van der Waals surface area contributed by atoms with Crippen LogP contribution in [0.15, 0.2) is 102 Å². The highest BCUT2D eigenvalue weighted by atomic mass is 35.5. The molecule has 0 spiro atoms. The van der Waals surface area contributed by atoms with Gasteiger partial charge < -0.3 is 4.57 Å². The fraction of sp³-hybridized carbons (Fsp3) is 0.114. The highest BCUT2D eigenvalue weighted by Gasteiger charge is 2.16. The SMILES string of the molecule is Cc1ccc2nc(-c3ccc(Cl)cc3)cc(C(=O)N/N=C/c3c(C)n(Cc4ccccc4)c4ccc(C)cc34)c2c1. The van der Waals surface area contributed by atoms with Gasteiger partial charge in [-0.1, -0.05) is 77.3 Å². The van der Waals surface area contributed by atoms with Crippen LogP contribution in [0.3, 0.4) is 0 Å². The first-order chi connectivity index (χ1) is 19.9. The number of amides is 1. The van der Waals surface area contributed by atoms with E-state index < -0.39 is 0 Å². The van der Waals surface area contributed by atoms with Crippen molar-refractivity contribution in [1.29, 1.82) is 0 Å². The normalized spacial score (nSPS) is 11.5. The fourth-order valence-electron chi connectivity index (χ4n) is 5.27. The predicted molar refractivity (Wildman–Crippen MR) is 169 cm³/mol. The van der Waals surface area contributed by atoms with E-state index in [1.807, 2.05) is 61.5 Å². The molecule has 0 atom stereocenters. The van der Waals surface area contributed by atoms with Crippen LogP contribution >= 0.6 is 11.6 Å². The minimum Gasteiger partial charge on any atom is -0.340 e. The molecule has 6 heteroatoms. The van der Waals surface area contributed by atoms with Crippen molar-refractivity contribution < 1.29 is 4.79 Å². The monoisotopic (exact) mass is 556 g/mol. The van der Waals surface area contributed by atoms with E-state index in [9.17, 15) is 4.79 Å².